The van der Waals surface area contributed by atoms with E-state index in [9.17, 15) is 13.2 Å². The van der Waals surface area contributed by atoms with Crippen molar-refractivity contribution in [1.82, 2.24) is 15.1 Å². The molecule has 0 aliphatic rings. The minimum absolute atomic E-state index is 0.0210. The Morgan fingerprint density at radius 1 is 1.27 bits per heavy atom. The summed E-state index contributed by atoms with van der Waals surface area (Å²) < 4.78 is 33.9. The van der Waals surface area contributed by atoms with Crippen LogP contribution in [-0.2, 0) is 23.6 Å². The van der Waals surface area contributed by atoms with Gasteiger partial charge in [-0.15, -0.1) is 0 Å². The maximum absolute atomic E-state index is 12.5. The van der Waals surface area contributed by atoms with Gasteiger partial charge < -0.3 is 9.73 Å². The fraction of sp³-hybridized carbons (Fsp3) is 0.125. The lowest BCUT2D eigenvalue weighted by Gasteiger charge is -2.08. The van der Waals surface area contributed by atoms with Crippen LogP contribution in [0.2, 0.25) is 5.02 Å². The molecule has 0 unspecified atom stereocenters. The molecule has 0 aliphatic heterocycles. The zero-order valence-electron chi connectivity index (χ0n) is 13.6. The molecule has 2 aromatic heterocycles. The number of nitrogens with one attached hydrogen (secondary N) is 2. The molecule has 0 saturated carbocycles. The van der Waals surface area contributed by atoms with Gasteiger partial charge in [0.25, 0.3) is 15.9 Å². The topological polar surface area (TPSA) is 106 Å². The molecule has 0 atom stereocenters. The summed E-state index contributed by atoms with van der Waals surface area (Å²) in [5, 5.41) is 7.08. The maximum atomic E-state index is 12.5. The van der Waals surface area contributed by atoms with E-state index in [1.807, 2.05) is 0 Å². The number of hydrogen-bond donors (Lipinski definition) is 2. The van der Waals surface area contributed by atoms with E-state index >= 15 is 0 Å². The molecule has 2 N–H and O–H groups in total. The van der Waals surface area contributed by atoms with Crippen molar-refractivity contribution in [2.45, 2.75) is 11.4 Å². The summed E-state index contributed by atoms with van der Waals surface area (Å²) in [4.78, 5) is 12.4. The van der Waals surface area contributed by atoms with Gasteiger partial charge in [0.2, 0.25) is 0 Å². The predicted molar refractivity (Wildman–Crippen MR) is 95.3 cm³/mol. The molecular weight excluding hydrogens is 380 g/mol. The van der Waals surface area contributed by atoms with Crippen LogP contribution in [0.15, 0.2) is 58.2 Å². The van der Waals surface area contributed by atoms with E-state index in [1.165, 1.54) is 41.4 Å². The van der Waals surface area contributed by atoms with Gasteiger partial charge in [0.15, 0.2) is 5.69 Å². The number of carbonyl (C=O) groups excluding carboxylic acids is 1. The molecule has 1 amide bonds. The molecular formula is C16H15ClN4O4S. The van der Waals surface area contributed by atoms with Crippen LogP contribution in [0.4, 0.5) is 5.69 Å². The van der Waals surface area contributed by atoms with Gasteiger partial charge in [-0.3, -0.25) is 14.2 Å². The highest BCUT2D eigenvalue weighted by Crippen LogP contribution is 2.20. The van der Waals surface area contributed by atoms with Crippen LogP contribution in [0.1, 0.15) is 16.2 Å². The van der Waals surface area contributed by atoms with Crippen LogP contribution in [-0.4, -0.2) is 24.1 Å². The molecule has 0 saturated heterocycles. The van der Waals surface area contributed by atoms with Crippen LogP contribution in [0.3, 0.4) is 0 Å². The number of aromatic nitrogens is 2. The van der Waals surface area contributed by atoms with Crippen molar-refractivity contribution in [3.05, 3.63) is 65.3 Å². The third-order valence-corrected chi connectivity index (χ3v) is 5.05. The fourth-order valence-corrected chi connectivity index (χ4v) is 3.39. The largest absolute Gasteiger partial charge is 0.467 e. The first-order valence-corrected chi connectivity index (χ1v) is 9.34. The normalized spacial score (nSPS) is 11.3. The molecule has 26 heavy (non-hydrogen) atoms. The zero-order valence-corrected chi connectivity index (χ0v) is 15.2. The van der Waals surface area contributed by atoms with Crippen molar-refractivity contribution < 1.29 is 17.6 Å². The average molecular weight is 395 g/mol. The molecule has 2 heterocycles. The molecule has 3 aromatic rings. The van der Waals surface area contributed by atoms with Crippen LogP contribution in [0.5, 0.6) is 0 Å². The molecule has 0 bridgehead atoms. The number of nitrogens with zero attached hydrogens (tertiary/aromatic N) is 2. The molecule has 3 rings (SSSR count). The van der Waals surface area contributed by atoms with Crippen LogP contribution < -0.4 is 10.0 Å². The van der Waals surface area contributed by atoms with Gasteiger partial charge in [-0.25, -0.2) is 8.42 Å². The molecule has 136 valence electrons. The molecule has 0 aliphatic carbocycles. The number of hydrogen-bond acceptors (Lipinski definition) is 5. The first kappa shape index (κ1) is 18.0. The number of benzene rings is 1. The van der Waals surface area contributed by atoms with E-state index < -0.39 is 15.9 Å². The average Bonchev–Trinajstić information content (AvgIpc) is 3.22. The number of rotatable bonds is 6. The van der Waals surface area contributed by atoms with Crippen LogP contribution >= 0.6 is 11.6 Å². The lowest BCUT2D eigenvalue weighted by Crippen LogP contribution is -2.25. The Labute approximate surface area is 154 Å². The first-order chi connectivity index (χ1) is 12.3. The van der Waals surface area contributed by atoms with Gasteiger partial charge in [-0.1, -0.05) is 11.6 Å². The molecule has 10 heteroatoms. The van der Waals surface area contributed by atoms with Crippen molar-refractivity contribution >= 4 is 33.2 Å². The highest BCUT2D eigenvalue weighted by Gasteiger charge is 2.22. The first-order valence-electron chi connectivity index (χ1n) is 7.48. The van der Waals surface area contributed by atoms with Crippen molar-refractivity contribution in [3.63, 3.8) is 0 Å². The fourth-order valence-electron chi connectivity index (χ4n) is 2.21. The van der Waals surface area contributed by atoms with Crippen molar-refractivity contribution in [1.29, 1.82) is 0 Å². The number of anilines is 1. The van der Waals surface area contributed by atoms with E-state index in [-0.39, 0.29) is 22.8 Å². The summed E-state index contributed by atoms with van der Waals surface area (Å²) in [6.07, 6.45) is 2.91. The number of carbonyl (C=O) groups is 1. The molecule has 0 fully saturated rings. The highest BCUT2D eigenvalue weighted by molar-refractivity contribution is 7.92. The molecule has 8 nitrogen and oxygen atoms in total. The smallest absolute Gasteiger partial charge is 0.274 e. The monoisotopic (exact) mass is 394 g/mol. The Hall–Kier alpha value is -2.78. The molecule has 0 spiro atoms. The minimum atomic E-state index is -3.89. The second-order valence-corrected chi connectivity index (χ2v) is 7.51. The highest BCUT2D eigenvalue weighted by atomic mass is 35.5. The Bertz CT molecular complexity index is 1010. The summed E-state index contributed by atoms with van der Waals surface area (Å²) in [5.41, 5.74) is 0.0241. The summed E-state index contributed by atoms with van der Waals surface area (Å²) in [6, 6.07) is 9.10. The maximum Gasteiger partial charge on any atom is 0.274 e. The Balaban J connectivity index is 1.80. The van der Waals surface area contributed by atoms with E-state index in [0.29, 0.717) is 10.8 Å². The van der Waals surface area contributed by atoms with E-state index in [1.54, 1.807) is 19.2 Å². The van der Waals surface area contributed by atoms with Crippen molar-refractivity contribution in [3.8, 4) is 0 Å². The quantitative estimate of drug-likeness (QED) is 0.667. The second-order valence-electron chi connectivity index (χ2n) is 5.39. The standard InChI is InChI=1S/C16H15ClN4O4S/c1-21-10-14(20-26(23,24)13-6-4-11(17)5-7-13)15(19-21)16(22)18-9-12-3-2-8-25-12/h2-8,10,20H,9H2,1H3,(H,18,22). The Kier molecular flexibility index (Phi) is 5.01. The lowest BCUT2D eigenvalue weighted by atomic mass is 10.3. The number of halogens is 1. The van der Waals surface area contributed by atoms with Gasteiger partial charge in [-0.2, -0.15) is 5.10 Å². The molecule has 0 radical (unpaired) electrons. The lowest BCUT2D eigenvalue weighted by molar-refractivity contribution is 0.0943. The third-order valence-electron chi connectivity index (χ3n) is 3.42. The zero-order chi connectivity index (χ0) is 18.7. The SMILES string of the molecule is Cn1cc(NS(=O)(=O)c2ccc(Cl)cc2)c(C(=O)NCc2ccco2)n1. The summed E-state index contributed by atoms with van der Waals surface area (Å²) in [6.45, 7) is 0.159. The van der Waals surface area contributed by atoms with E-state index in [4.69, 9.17) is 16.0 Å². The van der Waals surface area contributed by atoms with E-state index in [2.05, 4.69) is 15.1 Å². The number of sulfonamides is 1. The summed E-state index contributed by atoms with van der Waals surface area (Å²) in [5.74, 6) is 0.0355. The third kappa shape index (κ3) is 4.06. The van der Waals surface area contributed by atoms with Gasteiger partial charge >= 0.3 is 0 Å². The number of furan rings is 1. The number of aryl methyl sites for hydroxylation is 1. The predicted octanol–water partition coefficient (Wildman–Crippen LogP) is 2.40. The van der Waals surface area contributed by atoms with Crippen LogP contribution in [0.25, 0.3) is 0 Å². The Morgan fingerprint density at radius 3 is 2.65 bits per heavy atom. The Morgan fingerprint density at radius 2 is 2.00 bits per heavy atom. The number of amides is 1. The van der Waals surface area contributed by atoms with E-state index in [0.717, 1.165) is 0 Å². The van der Waals surface area contributed by atoms with Gasteiger partial charge in [0.1, 0.15) is 5.76 Å². The van der Waals surface area contributed by atoms with Gasteiger partial charge in [0.05, 0.1) is 23.4 Å². The molecule has 1 aromatic carbocycles. The summed E-state index contributed by atoms with van der Waals surface area (Å²) in [7, 11) is -2.30. The second kappa shape index (κ2) is 7.22. The van der Waals surface area contributed by atoms with Crippen molar-refractivity contribution in [2.75, 3.05) is 4.72 Å². The van der Waals surface area contributed by atoms with Gasteiger partial charge in [-0.05, 0) is 36.4 Å². The van der Waals surface area contributed by atoms with Gasteiger partial charge in [0, 0.05) is 18.3 Å². The van der Waals surface area contributed by atoms with Crippen molar-refractivity contribution in [2.24, 2.45) is 7.05 Å². The summed E-state index contributed by atoms with van der Waals surface area (Å²) >= 11 is 5.78. The van der Waals surface area contributed by atoms with Crippen LogP contribution in [0, 0.1) is 0 Å². The minimum Gasteiger partial charge on any atom is -0.467 e.